The molecule has 1 aliphatic rings. The highest BCUT2D eigenvalue weighted by molar-refractivity contribution is 7.07. The topological polar surface area (TPSA) is 52.6 Å². The Kier molecular flexibility index (Phi) is 5.57. The molecule has 1 aromatic rings. The highest BCUT2D eigenvalue weighted by Gasteiger charge is 2.26. The number of likely N-dealkylation sites (tertiary alicyclic amines) is 1. The SMILES string of the molecule is CC(C)C(=O)N[C@H]1CCN(Cc2ccsc2)CC[C@@H]1O. The summed E-state index contributed by atoms with van der Waals surface area (Å²) in [5, 5.41) is 17.4. The largest absolute Gasteiger partial charge is 0.391 e. The van der Waals surface area contributed by atoms with Crippen molar-refractivity contribution in [2.45, 2.75) is 45.4 Å². The average molecular weight is 296 g/mol. The van der Waals surface area contributed by atoms with Gasteiger partial charge in [0.15, 0.2) is 0 Å². The van der Waals surface area contributed by atoms with Crippen LogP contribution in [0.15, 0.2) is 16.8 Å². The maximum atomic E-state index is 11.8. The lowest BCUT2D eigenvalue weighted by molar-refractivity contribution is -0.125. The third-order valence-corrected chi connectivity index (χ3v) is 4.53. The van der Waals surface area contributed by atoms with Crippen LogP contribution in [-0.2, 0) is 11.3 Å². The molecular weight excluding hydrogens is 272 g/mol. The molecule has 1 saturated heterocycles. The lowest BCUT2D eigenvalue weighted by Crippen LogP contribution is -2.44. The number of aliphatic hydroxyl groups excluding tert-OH is 1. The van der Waals surface area contributed by atoms with Crippen molar-refractivity contribution in [3.63, 3.8) is 0 Å². The van der Waals surface area contributed by atoms with Gasteiger partial charge >= 0.3 is 0 Å². The zero-order valence-corrected chi connectivity index (χ0v) is 13.0. The number of rotatable bonds is 4. The second-order valence-electron chi connectivity index (χ2n) is 5.82. The summed E-state index contributed by atoms with van der Waals surface area (Å²) in [6.45, 7) is 6.48. The van der Waals surface area contributed by atoms with Gasteiger partial charge in [-0.1, -0.05) is 13.8 Å². The highest BCUT2D eigenvalue weighted by Crippen LogP contribution is 2.16. The lowest BCUT2D eigenvalue weighted by atomic mass is 10.1. The number of thiophene rings is 1. The Morgan fingerprint density at radius 1 is 1.50 bits per heavy atom. The molecule has 2 N–H and O–H groups in total. The molecular formula is C15H24N2O2S. The molecule has 0 aromatic carbocycles. The molecule has 1 aromatic heterocycles. The Hall–Kier alpha value is -0.910. The molecule has 1 amide bonds. The van der Waals surface area contributed by atoms with Crippen LogP contribution >= 0.6 is 11.3 Å². The predicted octanol–water partition coefficient (Wildman–Crippen LogP) is 1.85. The Morgan fingerprint density at radius 2 is 2.25 bits per heavy atom. The summed E-state index contributed by atoms with van der Waals surface area (Å²) < 4.78 is 0. The van der Waals surface area contributed by atoms with E-state index in [0.29, 0.717) is 6.42 Å². The van der Waals surface area contributed by atoms with Crippen molar-refractivity contribution in [3.05, 3.63) is 22.4 Å². The average Bonchev–Trinajstić information content (AvgIpc) is 2.86. The number of nitrogens with one attached hydrogen (secondary N) is 1. The van der Waals surface area contributed by atoms with E-state index < -0.39 is 6.10 Å². The maximum absolute atomic E-state index is 11.8. The fourth-order valence-electron chi connectivity index (χ4n) is 2.46. The van der Waals surface area contributed by atoms with Crippen LogP contribution in [0, 0.1) is 5.92 Å². The number of nitrogens with zero attached hydrogens (tertiary/aromatic N) is 1. The number of amides is 1. The standard InChI is InChI=1S/C15H24N2O2S/c1-11(2)15(19)16-13-3-6-17(7-4-14(13)18)9-12-5-8-20-10-12/h5,8,10-11,13-14,18H,3-4,6-7,9H2,1-2H3,(H,16,19)/t13-,14-/m0/s1. The third kappa shape index (κ3) is 4.30. The molecule has 0 aliphatic carbocycles. The van der Waals surface area contributed by atoms with Crippen LogP contribution in [0.2, 0.25) is 0 Å². The first-order valence-electron chi connectivity index (χ1n) is 7.28. The summed E-state index contributed by atoms with van der Waals surface area (Å²) in [5.74, 6) is -0.00676. The normalized spacial score (nSPS) is 24.6. The number of aliphatic hydroxyl groups is 1. The van der Waals surface area contributed by atoms with Crippen LogP contribution in [0.1, 0.15) is 32.3 Å². The first kappa shape index (κ1) is 15.5. The first-order chi connectivity index (χ1) is 9.56. The van der Waals surface area contributed by atoms with E-state index in [1.165, 1.54) is 5.56 Å². The minimum Gasteiger partial charge on any atom is -0.391 e. The quantitative estimate of drug-likeness (QED) is 0.891. The summed E-state index contributed by atoms with van der Waals surface area (Å²) in [6, 6.07) is 2.03. The summed E-state index contributed by atoms with van der Waals surface area (Å²) >= 11 is 1.71. The van der Waals surface area contributed by atoms with Gasteiger partial charge in [-0.05, 0) is 35.2 Å². The second-order valence-corrected chi connectivity index (χ2v) is 6.60. The van der Waals surface area contributed by atoms with Crippen molar-refractivity contribution in [2.24, 2.45) is 5.92 Å². The zero-order valence-electron chi connectivity index (χ0n) is 12.2. The summed E-state index contributed by atoms with van der Waals surface area (Å²) in [6.07, 6.45) is 1.09. The van der Waals surface area contributed by atoms with Crippen LogP contribution in [0.4, 0.5) is 0 Å². The van der Waals surface area contributed by atoms with Gasteiger partial charge in [-0.15, -0.1) is 0 Å². The molecule has 0 radical (unpaired) electrons. The third-order valence-electron chi connectivity index (χ3n) is 3.80. The van der Waals surface area contributed by atoms with E-state index in [9.17, 15) is 9.90 Å². The minimum absolute atomic E-state index is 0.0281. The molecule has 0 bridgehead atoms. The zero-order chi connectivity index (χ0) is 14.5. The summed E-state index contributed by atoms with van der Waals surface area (Å²) in [4.78, 5) is 14.1. The monoisotopic (exact) mass is 296 g/mol. The van der Waals surface area contributed by atoms with E-state index in [0.717, 1.165) is 26.1 Å². The Bertz CT molecular complexity index is 420. The van der Waals surface area contributed by atoms with Gasteiger partial charge in [0.05, 0.1) is 12.1 Å². The molecule has 1 aliphatic heterocycles. The molecule has 0 saturated carbocycles. The molecule has 1 fully saturated rings. The van der Waals surface area contributed by atoms with Crippen molar-refractivity contribution in [2.75, 3.05) is 13.1 Å². The van der Waals surface area contributed by atoms with Gasteiger partial charge in [0.2, 0.25) is 5.91 Å². The van der Waals surface area contributed by atoms with Gasteiger partial charge < -0.3 is 10.4 Å². The van der Waals surface area contributed by atoms with Gasteiger partial charge in [-0.2, -0.15) is 11.3 Å². The van der Waals surface area contributed by atoms with E-state index in [4.69, 9.17) is 0 Å². The van der Waals surface area contributed by atoms with Gasteiger partial charge in [0, 0.05) is 25.6 Å². The minimum atomic E-state index is -0.440. The molecule has 0 unspecified atom stereocenters. The maximum Gasteiger partial charge on any atom is 0.222 e. The van der Waals surface area contributed by atoms with Gasteiger partial charge in [0.1, 0.15) is 0 Å². The van der Waals surface area contributed by atoms with Gasteiger partial charge in [0.25, 0.3) is 0 Å². The second kappa shape index (κ2) is 7.20. The molecule has 4 nitrogen and oxygen atoms in total. The number of hydrogen-bond donors (Lipinski definition) is 2. The van der Waals surface area contributed by atoms with Crippen LogP contribution in [0.25, 0.3) is 0 Å². The Labute approximate surface area is 124 Å². The van der Waals surface area contributed by atoms with E-state index in [-0.39, 0.29) is 17.9 Å². The van der Waals surface area contributed by atoms with Crippen molar-refractivity contribution in [3.8, 4) is 0 Å². The summed E-state index contributed by atoms with van der Waals surface area (Å²) in [7, 11) is 0. The predicted molar refractivity (Wildman–Crippen MR) is 81.6 cm³/mol. The molecule has 2 atom stereocenters. The number of hydrogen-bond acceptors (Lipinski definition) is 4. The molecule has 0 spiro atoms. The van der Waals surface area contributed by atoms with Crippen LogP contribution in [0.3, 0.4) is 0 Å². The van der Waals surface area contributed by atoms with Crippen molar-refractivity contribution < 1.29 is 9.90 Å². The van der Waals surface area contributed by atoms with Crippen molar-refractivity contribution >= 4 is 17.2 Å². The van der Waals surface area contributed by atoms with Crippen molar-refractivity contribution in [1.82, 2.24) is 10.2 Å². The number of carbonyl (C=O) groups excluding carboxylic acids is 1. The molecule has 20 heavy (non-hydrogen) atoms. The van der Waals surface area contributed by atoms with Crippen LogP contribution < -0.4 is 5.32 Å². The Morgan fingerprint density at radius 3 is 2.90 bits per heavy atom. The molecule has 2 rings (SSSR count). The first-order valence-corrected chi connectivity index (χ1v) is 8.22. The fourth-order valence-corrected chi connectivity index (χ4v) is 3.12. The highest BCUT2D eigenvalue weighted by atomic mass is 32.1. The van der Waals surface area contributed by atoms with E-state index in [1.807, 2.05) is 13.8 Å². The fraction of sp³-hybridized carbons (Fsp3) is 0.667. The van der Waals surface area contributed by atoms with E-state index in [1.54, 1.807) is 11.3 Å². The summed E-state index contributed by atoms with van der Waals surface area (Å²) in [5.41, 5.74) is 1.33. The molecule has 2 heterocycles. The number of carbonyl (C=O) groups is 1. The van der Waals surface area contributed by atoms with E-state index in [2.05, 4.69) is 27.0 Å². The van der Waals surface area contributed by atoms with Crippen LogP contribution in [-0.4, -0.2) is 41.1 Å². The molecule has 5 heteroatoms. The van der Waals surface area contributed by atoms with Crippen LogP contribution in [0.5, 0.6) is 0 Å². The van der Waals surface area contributed by atoms with Gasteiger partial charge in [-0.3, -0.25) is 9.69 Å². The van der Waals surface area contributed by atoms with Gasteiger partial charge in [-0.25, -0.2) is 0 Å². The molecule has 112 valence electrons. The Balaban J connectivity index is 1.88. The smallest absolute Gasteiger partial charge is 0.222 e. The van der Waals surface area contributed by atoms with E-state index >= 15 is 0 Å². The van der Waals surface area contributed by atoms with Crippen molar-refractivity contribution in [1.29, 1.82) is 0 Å². The lowest BCUT2D eigenvalue weighted by Gasteiger charge is -2.22.